The molecule has 2 aromatic heterocycles. The summed E-state index contributed by atoms with van der Waals surface area (Å²) in [4.78, 5) is 24.0. The van der Waals surface area contributed by atoms with Crippen LogP contribution in [0.5, 0.6) is 0 Å². The fraction of sp³-hybridized carbons (Fsp3) is 0.462. The summed E-state index contributed by atoms with van der Waals surface area (Å²) in [5, 5.41) is 3.87. The molecule has 0 aliphatic carbocycles. The summed E-state index contributed by atoms with van der Waals surface area (Å²) in [7, 11) is 3.40. The van der Waals surface area contributed by atoms with Gasteiger partial charge in [0.2, 0.25) is 11.2 Å². The summed E-state index contributed by atoms with van der Waals surface area (Å²) >= 11 is 7.51. The van der Waals surface area contributed by atoms with E-state index >= 15 is 0 Å². The Kier molecular flexibility index (Phi) is 5.33. The number of fused-ring (bicyclic) bond motifs is 1. The van der Waals surface area contributed by atoms with Crippen LogP contribution in [0.25, 0.3) is 10.2 Å². The number of hydrogen-bond donors (Lipinski definition) is 1. The standard InChI is InChI=1S/C13H17ClN4O2S/c1-8-6-9-11(16-13(14)17-12(9)21-8)18(2)7-10(19)15-4-5-20-3/h6H,4-5,7H2,1-3H3,(H,15,19). The lowest BCUT2D eigenvalue weighted by Crippen LogP contribution is -2.37. The maximum Gasteiger partial charge on any atom is 0.239 e. The molecule has 0 bridgehead atoms. The number of methoxy groups -OCH3 is 1. The lowest BCUT2D eigenvalue weighted by Gasteiger charge is -2.18. The Morgan fingerprint density at radius 1 is 1.52 bits per heavy atom. The first-order chi connectivity index (χ1) is 10.0. The second kappa shape index (κ2) is 7.02. The number of carbonyl (C=O) groups excluding carboxylic acids is 1. The summed E-state index contributed by atoms with van der Waals surface area (Å²) in [6, 6.07) is 2.00. The minimum Gasteiger partial charge on any atom is -0.383 e. The monoisotopic (exact) mass is 328 g/mol. The number of likely N-dealkylation sites (N-methyl/N-ethyl adjacent to an activating group) is 1. The van der Waals surface area contributed by atoms with Crippen molar-refractivity contribution in [1.82, 2.24) is 15.3 Å². The molecule has 0 saturated heterocycles. The highest BCUT2D eigenvalue weighted by molar-refractivity contribution is 7.18. The van der Waals surface area contributed by atoms with Crippen molar-refractivity contribution in [2.75, 3.05) is 38.8 Å². The molecule has 8 heteroatoms. The average Bonchev–Trinajstić information content (AvgIpc) is 2.77. The molecule has 6 nitrogen and oxygen atoms in total. The summed E-state index contributed by atoms with van der Waals surface area (Å²) < 4.78 is 4.89. The highest BCUT2D eigenvalue weighted by atomic mass is 35.5. The SMILES string of the molecule is COCCNC(=O)CN(C)c1nc(Cl)nc2sc(C)cc12. The Bertz CT molecular complexity index is 646. The maximum atomic E-state index is 11.8. The van der Waals surface area contributed by atoms with E-state index in [1.54, 1.807) is 30.4 Å². The van der Waals surface area contributed by atoms with Gasteiger partial charge < -0.3 is 15.0 Å². The molecule has 114 valence electrons. The molecule has 2 heterocycles. The van der Waals surface area contributed by atoms with Gasteiger partial charge in [-0.3, -0.25) is 4.79 Å². The van der Waals surface area contributed by atoms with E-state index in [0.29, 0.717) is 19.0 Å². The van der Waals surface area contributed by atoms with Crippen LogP contribution in [0.4, 0.5) is 5.82 Å². The smallest absolute Gasteiger partial charge is 0.239 e. The minimum atomic E-state index is -0.0932. The van der Waals surface area contributed by atoms with Crippen molar-refractivity contribution >= 4 is 44.9 Å². The number of carbonyl (C=O) groups is 1. The molecule has 21 heavy (non-hydrogen) atoms. The van der Waals surface area contributed by atoms with E-state index in [0.717, 1.165) is 15.1 Å². The number of rotatable bonds is 6. The van der Waals surface area contributed by atoms with Crippen molar-refractivity contribution in [3.8, 4) is 0 Å². The van der Waals surface area contributed by atoms with E-state index in [1.807, 2.05) is 13.0 Å². The fourth-order valence-corrected chi connectivity index (χ4v) is 3.02. The zero-order valence-corrected chi connectivity index (χ0v) is 13.7. The fourth-order valence-electron chi connectivity index (χ4n) is 1.93. The summed E-state index contributed by atoms with van der Waals surface area (Å²) in [6.07, 6.45) is 0. The number of thiophene rings is 1. The van der Waals surface area contributed by atoms with E-state index in [2.05, 4.69) is 15.3 Å². The number of aryl methyl sites for hydroxylation is 1. The molecule has 0 radical (unpaired) electrons. The van der Waals surface area contributed by atoms with Gasteiger partial charge in [0.15, 0.2) is 0 Å². The lowest BCUT2D eigenvalue weighted by atomic mass is 10.3. The summed E-state index contributed by atoms with van der Waals surface area (Å²) in [5.41, 5.74) is 0. The molecular formula is C13H17ClN4O2S. The van der Waals surface area contributed by atoms with Crippen LogP contribution < -0.4 is 10.2 Å². The first-order valence-electron chi connectivity index (χ1n) is 6.41. The van der Waals surface area contributed by atoms with Crippen LogP contribution in [0.3, 0.4) is 0 Å². The molecule has 0 fully saturated rings. The molecule has 1 N–H and O–H groups in total. The number of nitrogens with one attached hydrogen (secondary N) is 1. The first-order valence-corrected chi connectivity index (χ1v) is 7.61. The molecule has 0 unspecified atom stereocenters. The van der Waals surface area contributed by atoms with Crippen LogP contribution in [-0.2, 0) is 9.53 Å². The molecule has 0 saturated carbocycles. The van der Waals surface area contributed by atoms with E-state index < -0.39 is 0 Å². The molecule has 2 aromatic rings. The van der Waals surface area contributed by atoms with Crippen LogP contribution >= 0.6 is 22.9 Å². The van der Waals surface area contributed by atoms with Gasteiger partial charge in [0, 0.05) is 25.6 Å². The zero-order valence-electron chi connectivity index (χ0n) is 12.1. The van der Waals surface area contributed by atoms with Crippen LogP contribution in [0.15, 0.2) is 6.07 Å². The van der Waals surface area contributed by atoms with Crippen molar-refractivity contribution in [1.29, 1.82) is 0 Å². The topological polar surface area (TPSA) is 67.3 Å². The van der Waals surface area contributed by atoms with E-state index in [-0.39, 0.29) is 17.7 Å². The minimum absolute atomic E-state index is 0.0932. The predicted molar refractivity (Wildman–Crippen MR) is 85.3 cm³/mol. The molecule has 0 atom stereocenters. The maximum absolute atomic E-state index is 11.8. The van der Waals surface area contributed by atoms with Gasteiger partial charge in [-0.2, -0.15) is 4.98 Å². The number of ether oxygens (including phenoxy) is 1. The second-order valence-electron chi connectivity index (χ2n) is 4.59. The first kappa shape index (κ1) is 15.9. The van der Waals surface area contributed by atoms with Gasteiger partial charge in [0.1, 0.15) is 10.6 Å². The lowest BCUT2D eigenvalue weighted by molar-refractivity contribution is -0.119. The van der Waals surface area contributed by atoms with Gasteiger partial charge in [-0.1, -0.05) is 0 Å². The van der Waals surface area contributed by atoms with Gasteiger partial charge in [0.05, 0.1) is 18.5 Å². The Morgan fingerprint density at radius 2 is 2.29 bits per heavy atom. The number of nitrogens with zero attached hydrogens (tertiary/aromatic N) is 3. The number of halogens is 1. The summed E-state index contributed by atoms with van der Waals surface area (Å²) in [5.74, 6) is 0.570. The quantitative estimate of drug-likeness (QED) is 0.647. The molecule has 0 aromatic carbocycles. The Morgan fingerprint density at radius 3 is 3.00 bits per heavy atom. The third kappa shape index (κ3) is 4.03. The molecule has 2 rings (SSSR count). The van der Waals surface area contributed by atoms with Crippen molar-refractivity contribution < 1.29 is 9.53 Å². The molecule has 0 aliphatic rings. The van der Waals surface area contributed by atoms with Crippen LogP contribution in [0, 0.1) is 6.92 Å². The third-order valence-electron chi connectivity index (χ3n) is 2.84. The Balaban J connectivity index is 2.15. The van der Waals surface area contributed by atoms with Gasteiger partial charge >= 0.3 is 0 Å². The van der Waals surface area contributed by atoms with Crippen molar-refractivity contribution in [3.63, 3.8) is 0 Å². The predicted octanol–water partition coefficient (Wildman–Crippen LogP) is 1.85. The van der Waals surface area contributed by atoms with E-state index in [9.17, 15) is 4.79 Å². The second-order valence-corrected chi connectivity index (χ2v) is 6.16. The zero-order chi connectivity index (χ0) is 15.4. The highest BCUT2D eigenvalue weighted by Crippen LogP contribution is 2.30. The van der Waals surface area contributed by atoms with Crippen molar-refractivity contribution in [2.24, 2.45) is 0 Å². The average molecular weight is 329 g/mol. The summed E-state index contributed by atoms with van der Waals surface area (Å²) in [6.45, 7) is 3.17. The van der Waals surface area contributed by atoms with Gasteiger partial charge in [-0.05, 0) is 24.6 Å². The molecule has 1 amide bonds. The molecule has 0 aliphatic heterocycles. The molecular weight excluding hydrogens is 312 g/mol. The Hall–Kier alpha value is -1.44. The van der Waals surface area contributed by atoms with Gasteiger partial charge in [-0.25, -0.2) is 4.98 Å². The van der Waals surface area contributed by atoms with Crippen LogP contribution in [0.2, 0.25) is 5.28 Å². The van der Waals surface area contributed by atoms with E-state index in [1.165, 1.54) is 0 Å². The Labute approximate surface area is 132 Å². The van der Waals surface area contributed by atoms with Crippen molar-refractivity contribution in [2.45, 2.75) is 6.92 Å². The molecule has 0 spiro atoms. The number of anilines is 1. The number of amides is 1. The van der Waals surface area contributed by atoms with Gasteiger partial charge in [-0.15, -0.1) is 11.3 Å². The van der Waals surface area contributed by atoms with Crippen LogP contribution in [-0.4, -0.2) is 49.7 Å². The largest absolute Gasteiger partial charge is 0.383 e. The van der Waals surface area contributed by atoms with Gasteiger partial charge in [0.25, 0.3) is 0 Å². The van der Waals surface area contributed by atoms with Crippen LogP contribution in [0.1, 0.15) is 4.88 Å². The normalized spacial score (nSPS) is 10.9. The number of hydrogen-bond acceptors (Lipinski definition) is 6. The van der Waals surface area contributed by atoms with Crippen molar-refractivity contribution in [3.05, 3.63) is 16.2 Å². The highest BCUT2D eigenvalue weighted by Gasteiger charge is 2.15. The van der Waals surface area contributed by atoms with E-state index in [4.69, 9.17) is 16.3 Å². The number of aromatic nitrogens is 2. The third-order valence-corrected chi connectivity index (χ3v) is 3.95.